The summed E-state index contributed by atoms with van der Waals surface area (Å²) in [6.07, 6.45) is -0.600. The van der Waals surface area contributed by atoms with E-state index in [4.69, 9.17) is 13.9 Å². The van der Waals surface area contributed by atoms with Crippen molar-refractivity contribution in [3.05, 3.63) is 35.5 Å². The molecular formula is C24H27N3O7. The minimum atomic E-state index is -1.73. The third-order valence-electron chi connectivity index (χ3n) is 4.74. The lowest BCUT2D eigenvalue weighted by Gasteiger charge is -2.19. The average molecular weight is 469 g/mol. The van der Waals surface area contributed by atoms with Gasteiger partial charge in [-0.1, -0.05) is 17.9 Å². The van der Waals surface area contributed by atoms with E-state index in [1.807, 2.05) is 0 Å². The highest BCUT2D eigenvalue weighted by Crippen LogP contribution is 2.28. The molecule has 2 N–H and O–H groups in total. The molecule has 1 aromatic carbocycles. The van der Waals surface area contributed by atoms with Crippen molar-refractivity contribution in [2.45, 2.75) is 45.3 Å². The molecule has 1 aromatic heterocycles. The Morgan fingerprint density at radius 1 is 1.35 bits per heavy atom. The Bertz CT molecular complexity index is 1170. The van der Waals surface area contributed by atoms with E-state index < -0.39 is 29.2 Å². The van der Waals surface area contributed by atoms with Gasteiger partial charge in [0.2, 0.25) is 23.1 Å². The predicted octanol–water partition coefficient (Wildman–Crippen LogP) is 2.81. The van der Waals surface area contributed by atoms with Crippen LogP contribution in [-0.2, 0) is 14.3 Å². The quantitative estimate of drug-likeness (QED) is 0.516. The van der Waals surface area contributed by atoms with E-state index in [0.717, 1.165) is 0 Å². The van der Waals surface area contributed by atoms with Gasteiger partial charge < -0.3 is 23.9 Å². The van der Waals surface area contributed by atoms with Crippen LogP contribution in [0.2, 0.25) is 0 Å². The van der Waals surface area contributed by atoms with Crippen molar-refractivity contribution in [3.8, 4) is 23.3 Å². The second kappa shape index (κ2) is 9.57. The number of likely N-dealkylation sites (N-methyl/N-ethyl adjacent to an activating group) is 1. The lowest BCUT2D eigenvalue weighted by Crippen LogP contribution is -2.37. The molecule has 0 saturated carbocycles. The Hall–Kier alpha value is -3.84. The van der Waals surface area contributed by atoms with Crippen LogP contribution >= 0.6 is 0 Å². The second-order valence-corrected chi connectivity index (χ2v) is 8.71. The van der Waals surface area contributed by atoms with Gasteiger partial charge in [-0.2, -0.15) is 4.98 Å². The Kier molecular flexibility index (Phi) is 6.98. The van der Waals surface area contributed by atoms with E-state index in [9.17, 15) is 19.5 Å². The highest BCUT2D eigenvalue weighted by molar-refractivity contribution is 5.97. The Morgan fingerprint density at radius 2 is 2.09 bits per heavy atom. The third kappa shape index (κ3) is 5.74. The Morgan fingerprint density at radius 3 is 2.71 bits per heavy atom. The molecule has 34 heavy (non-hydrogen) atoms. The smallest absolute Gasteiger partial charge is 0.414 e. The summed E-state index contributed by atoms with van der Waals surface area (Å²) in [5.41, 5.74) is -1.76. The number of amides is 2. The molecule has 10 heteroatoms. The maximum atomic E-state index is 12.4. The number of esters is 1. The monoisotopic (exact) mass is 469 g/mol. The van der Waals surface area contributed by atoms with Gasteiger partial charge >= 0.3 is 12.1 Å². The summed E-state index contributed by atoms with van der Waals surface area (Å²) in [7, 11) is 1.61. The molecule has 180 valence electrons. The van der Waals surface area contributed by atoms with Crippen molar-refractivity contribution < 1.29 is 33.4 Å². The van der Waals surface area contributed by atoms with Gasteiger partial charge in [0.15, 0.2) is 0 Å². The summed E-state index contributed by atoms with van der Waals surface area (Å²) in [4.78, 5) is 42.3. The number of rotatable bonds is 4. The SMILES string of the molecule is CCOC(=O)c1nc(-c2cccc(C#C[C@]3(O)CCN(C)C3=O)c2)oc1NC(=O)OC(C)(C)C. The minimum absolute atomic E-state index is 0.0353. The number of likely N-dealkylation sites (tertiary alicyclic amines) is 1. The fourth-order valence-electron chi connectivity index (χ4n) is 3.14. The molecule has 0 spiro atoms. The molecule has 1 fully saturated rings. The van der Waals surface area contributed by atoms with Gasteiger partial charge in [-0.25, -0.2) is 9.59 Å². The van der Waals surface area contributed by atoms with Gasteiger partial charge in [0.1, 0.15) is 5.60 Å². The lowest BCUT2D eigenvalue weighted by atomic mass is 10.0. The first-order valence-electron chi connectivity index (χ1n) is 10.7. The fourth-order valence-corrected chi connectivity index (χ4v) is 3.14. The van der Waals surface area contributed by atoms with Crippen LogP contribution in [0.5, 0.6) is 0 Å². The van der Waals surface area contributed by atoms with Crippen molar-refractivity contribution in [2.75, 3.05) is 25.5 Å². The largest absolute Gasteiger partial charge is 0.461 e. The summed E-state index contributed by atoms with van der Waals surface area (Å²) in [5, 5.41) is 12.9. The van der Waals surface area contributed by atoms with Gasteiger partial charge in [0.25, 0.3) is 5.91 Å². The maximum absolute atomic E-state index is 12.4. The highest BCUT2D eigenvalue weighted by atomic mass is 16.6. The van der Waals surface area contributed by atoms with Crippen LogP contribution in [0.25, 0.3) is 11.5 Å². The fraction of sp³-hybridized carbons (Fsp3) is 0.417. The van der Waals surface area contributed by atoms with E-state index in [0.29, 0.717) is 17.7 Å². The summed E-state index contributed by atoms with van der Waals surface area (Å²) in [5.74, 6) is 4.06. The molecule has 1 saturated heterocycles. The van der Waals surface area contributed by atoms with Gasteiger partial charge in [0.05, 0.1) is 6.61 Å². The number of ether oxygens (including phenoxy) is 2. The first-order chi connectivity index (χ1) is 15.9. The summed E-state index contributed by atoms with van der Waals surface area (Å²) in [6.45, 7) is 7.27. The number of benzene rings is 1. The number of hydrogen-bond acceptors (Lipinski definition) is 8. The van der Waals surface area contributed by atoms with Crippen molar-refractivity contribution in [2.24, 2.45) is 0 Å². The lowest BCUT2D eigenvalue weighted by molar-refractivity contribution is -0.137. The number of anilines is 1. The number of oxazole rings is 1. The molecule has 0 unspecified atom stereocenters. The minimum Gasteiger partial charge on any atom is -0.461 e. The second-order valence-electron chi connectivity index (χ2n) is 8.71. The van der Waals surface area contributed by atoms with Gasteiger partial charge in [-0.3, -0.25) is 10.1 Å². The number of nitrogens with one attached hydrogen (secondary N) is 1. The van der Waals surface area contributed by atoms with Crippen molar-refractivity contribution in [3.63, 3.8) is 0 Å². The molecule has 2 heterocycles. The molecule has 1 aliphatic rings. The predicted molar refractivity (Wildman–Crippen MR) is 122 cm³/mol. The van der Waals surface area contributed by atoms with E-state index in [-0.39, 0.29) is 30.5 Å². The highest BCUT2D eigenvalue weighted by Gasteiger charge is 2.42. The number of carbonyl (C=O) groups is 3. The first-order valence-corrected chi connectivity index (χ1v) is 10.7. The van der Waals surface area contributed by atoms with Crippen LogP contribution < -0.4 is 5.32 Å². The first kappa shape index (κ1) is 24.8. The molecule has 0 radical (unpaired) electrons. The number of hydrogen-bond donors (Lipinski definition) is 2. The zero-order chi connectivity index (χ0) is 25.1. The molecule has 1 aliphatic heterocycles. The van der Waals surface area contributed by atoms with Gasteiger partial charge in [0, 0.05) is 31.1 Å². The van der Waals surface area contributed by atoms with Crippen LogP contribution in [0.3, 0.4) is 0 Å². The van der Waals surface area contributed by atoms with Crippen LogP contribution in [0.4, 0.5) is 10.7 Å². The molecular weight excluding hydrogens is 442 g/mol. The normalized spacial score (nSPS) is 17.7. The van der Waals surface area contributed by atoms with Crippen molar-refractivity contribution in [1.82, 2.24) is 9.88 Å². The van der Waals surface area contributed by atoms with Crippen molar-refractivity contribution >= 4 is 23.9 Å². The zero-order valence-corrected chi connectivity index (χ0v) is 19.7. The number of carbonyl (C=O) groups excluding carboxylic acids is 3. The van der Waals surface area contributed by atoms with E-state index in [1.54, 1.807) is 59.0 Å². The number of aliphatic hydroxyl groups is 1. The third-order valence-corrected chi connectivity index (χ3v) is 4.74. The number of aromatic nitrogens is 1. The standard InChI is InChI=1S/C24H27N3O7/c1-6-32-20(28)17-19(26-22(30)34-23(2,3)4)33-18(25-17)16-9-7-8-15(14-16)10-11-24(31)12-13-27(5)21(24)29/h7-9,14,31H,6,12-13H2,1-5H3,(H,26,30)/t24-/m0/s1. The van der Waals surface area contributed by atoms with E-state index in [1.165, 1.54) is 4.90 Å². The topological polar surface area (TPSA) is 131 Å². The Labute approximate surface area is 197 Å². The maximum Gasteiger partial charge on any atom is 0.414 e. The molecule has 0 aliphatic carbocycles. The van der Waals surface area contributed by atoms with E-state index in [2.05, 4.69) is 22.1 Å². The molecule has 3 rings (SSSR count). The molecule has 0 bridgehead atoms. The average Bonchev–Trinajstić information content (AvgIpc) is 3.28. The molecule has 2 amide bonds. The van der Waals surface area contributed by atoms with Gasteiger partial charge in [-0.05, 0) is 45.9 Å². The van der Waals surface area contributed by atoms with E-state index >= 15 is 0 Å². The summed E-state index contributed by atoms with van der Waals surface area (Å²) in [6, 6.07) is 6.67. The zero-order valence-electron chi connectivity index (χ0n) is 19.7. The Balaban J connectivity index is 1.91. The molecule has 1 atom stereocenters. The summed E-state index contributed by atoms with van der Waals surface area (Å²) < 4.78 is 15.9. The number of nitrogens with zero attached hydrogens (tertiary/aromatic N) is 2. The summed E-state index contributed by atoms with van der Waals surface area (Å²) >= 11 is 0. The van der Waals surface area contributed by atoms with Crippen LogP contribution in [0, 0.1) is 11.8 Å². The van der Waals surface area contributed by atoms with Gasteiger partial charge in [-0.15, -0.1) is 0 Å². The van der Waals surface area contributed by atoms with Crippen LogP contribution in [-0.4, -0.2) is 64.4 Å². The van der Waals surface area contributed by atoms with Crippen LogP contribution in [0.1, 0.15) is 50.2 Å². The van der Waals surface area contributed by atoms with Crippen molar-refractivity contribution in [1.29, 1.82) is 0 Å². The molecule has 10 nitrogen and oxygen atoms in total. The molecule has 2 aromatic rings. The van der Waals surface area contributed by atoms with Crippen LogP contribution in [0.15, 0.2) is 28.7 Å².